The first-order valence-corrected chi connectivity index (χ1v) is 11.3. The molecule has 0 amide bonds. The van der Waals surface area contributed by atoms with Crippen LogP contribution in [0.2, 0.25) is 0 Å². The lowest BCUT2D eigenvalue weighted by molar-refractivity contribution is -0.129. The topological polar surface area (TPSA) is 93.1 Å². The van der Waals surface area contributed by atoms with E-state index in [4.69, 9.17) is 14.0 Å². The Labute approximate surface area is 167 Å². The molecular formula is C20H31NO6S. The van der Waals surface area contributed by atoms with E-state index in [9.17, 15) is 13.2 Å². The molecule has 2 atom stereocenters. The Morgan fingerprint density at radius 3 is 2.32 bits per heavy atom. The molecule has 28 heavy (non-hydrogen) atoms. The van der Waals surface area contributed by atoms with Crippen LogP contribution in [0.4, 0.5) is 0 Å². The molecule has 3 rings (SSSR count). The highest BCUT2D eigenvalue weighted by Gasteiger charge is 2.38. The van der Waals surface area contributed by atoms with Gasteiger partial charge in [0.05, 0.1) is 20.5 Å². The highest BCUT2D eigenvalue weighted by molar-refractivity contribution is 7.85. The van der Waals surface area contributed by atoms with Crippen LogP contribution in [-0.4, -0.2) is 57.2 Å². The molecule has 2 aliphatic heterocycles. The standard InChI is InChI=1S/C19H27NO3.CH4O3S/c1-12(2)7-14-11-20-6-5-13-8-18(22-3)19(23-4)9-15(13)16(20)10-17(14)21;1-5(2,3)4/h8-9,12,14,16H,5-7,10-11H2,1-4H3;1H3,(H,2,3,4). The molecule has 1 fully saturated rings. The van der Waals surface area contributed by atoms with Crippen molar-refractivity contribution < 1.29 is 27.2 Å². The third-order valence-corrected chi connectivity index (χ3v) is 5.17. The molecule has 2 unspecified atom stereocenters. The number of methoxy groups -OCH3 is 2. The number of rotatable bonds is 4. The second kappa shape index (κ2) is 9.24. The Balaban J connectivity index is 0.000000500. The number of ketones is 1. The van der Waals surface area contributed by atoms with Gasteiger partial charge >= 0.3 is 0 Å². The van der Waals surface area contributed by atoms with E-state index in [2.05, 4.69) is 30.9 Å². The monoisotopic (exact) mass is 413 g/mol. The Hall–Kier alpha value is -1.64. The van der Waals surface area contributed by atoms with Gasteiger partial charge in [-0.3, -0.25) is 14.2 Å². The number of carbonyl (C=O) groups excluding carboxylic acids is 1. The summed E-state index contributed by atoms with van der Waals surface area (Å²) in [5.41, 5.74) is 2.53. The summed E-state index contributed by atoms with van der Waals surface area (Å²) in [4.78, 5) is 15.1. The number of Topliss-reactive ketones (excluding diaryl/α,β-unsaturated/α-hetero) is 1. The first-order valence-electron chi connectivity index (χ1n) is 9.47. The van der Waals surface area contributed by atoms with Gasteiger partial charge in [0.2, 0.25) is 0 Å². The van der Waals surface area contributed by atoms with Crippen LogP contribution >= 0.6 is 0 Å². The fraction of sp³-hybridized carbons (Fsp3) is 0.650. The predicted molar refractivity (Wildman–Crippen MR) is 108 cm³/mol. The van der Waals surface area contributed by atoms with Crippen LogP contribution < -0.4 is 9.47 Å². The highest BCUT2D eigenvalue weighted by atomic mass is 32.2. The number of nitrogens with zero attached hydrogens (tertiary/aromatic N) is 1. The van der Waals surface area contributed by atoms with Gasteiger partial charge in [0, 0.05) is 31.5 Å². The van der Waals surface area contributed by atoms with Gasteiger partial charge in [-0.1, -0.05) is 13.8 Å². The third-order valence-electron chi connectivity index (χ3n) is 5.17. The van der Waals surface area contributed by atoms with Crippen molar-refractivity contribution in [3.8, 4) is 11.5 Å². The minimum atomic E-state index is -3.67. The summed E-state index contributed by atoms with van der Waals surface area (Å²) in [6.45, 7) is 6.31. The summed E-state index contributed by atoms with van der Waals surface area (Å²) in [5.74, 6) is 2.72. The molecule has 8 heteroatoms. The summed E-state index contributed by atoms with van der Waals surface area (Å²) in [6, 6.07) is 4.35. The maximum Gasteiger partial charge on any atom is 0.261 e. The van der Waals surface area contributed by atoms with E-state index in [1.165, 1.54) is 11.1 Å². The van der Waals surface area contributed by atoms with Crippen LogP contribution in [0.3, 0.4) is 0 Å². The largest absolute Gasteiger partial charge is 0.493 e. The molecule has 1 aromatic rings. The van der Waals surface area contributed by atoms with E-state index in [0.29, 0.717) is 24.4 Å². The van der Waals surface area contributed by atoms with Gasteiger partial charge in [-0.05, 0) is 42.0 Å². The smallest absolute Gasteiger partial charge is 0.261 e. The zero-order chi connectivity index (χ0) is 21.1. The third kappa shape index (κ3) is 5.93. The van der Waals surface area contributed by atoms with Crippen molar-refractivity contribution in [1.29, 1.82) is 0 Å². The van der Waals surface area contributed by atoms with Crippen molar-refractivity contribution in [2.24, 2.45) is 11.8 Å². The van der Waals surface area contributed by atoms with Crippen LogP contribution in [0.5, 0.6) is 11.5 Å². The van der Waals surface area contributed by atoms with E-state index in [1.54, 1.807) is 14.2 Å². The summed E-state index contributed by atoms with van der Waals surface area (Å²) in [6.07, 6.45) is 3.35. The molecule has 158 valence electrons. The van der Waals surface area contributed by atoms with Crippen molar-refractivity contribution in [2.75, 3.05) is 33.6 Å². The van der Waals surface area contributed by atoms with Crippen LogP contribution in [0.25, 0.3) is 0 Å². The maximum atomic E-state index is 12.6. The molecule has 0 aliphatic carbocycles. The van der Waals surface area contributed by atoms with E-state index >= 15 is 0 Å². The van der Waals surface area contributed by atoms with Gasteiger partial charge in [-0.25, -0.2) is 0 Å². The lowest BCUT2D eigenvalue weighted by Gasteiger charge is -2.43. The lowest BCUT2D eigenvalue weighted by atomic mass is 9.80. The lowest BCUT2D eigenvalue weighted by Crippen LogP contribution is -2.46. The van der Waals surface area contributed by atoms with Crippen molar-refractivity contribution in [3.63, 3.8) is 0 Å². The van der Waals surface area contributed by atoms with Gasteiger partial charge in [0.15, 0.2) is 11.5 Å². The fourth-order valence-corrected chi connectivity index (χ4v) is 4.05. The molecule has 2 aliphatic rings. The molecule has 1 saturated heterocycles. The minimum absolute atomic E-state index is 0.202. The molecule has 1 aromatic carbocycles. The number of piperidine rings is 1. The van der Waals surface area contributed by atoms with Crippen LogP contribution in [0.15, 0.2) is 12.1 Å². The Kier molecular flexibility index (Phi) is 7.47. The number of ether oxygens (including phenoxy) is 2. The number of benzene rings is 1. The van der Waals surface area contributed by atoms with E-state index in [0.717, 1.165) is 37.4 Å². The normalized spacial score (nSPS) is 22.0. The highest BCUT2D eigenvalue weighted by Crippen LogP contribution is 2.42. The second-order valence-corrected chi connectivity index (χ2v) is 9.36. The Bertz CT molecular complexity index is 797. The zero-order valence-corrected chi connectivity index (χ0v) is 18.1. The number of carbonyl (C=O) groups is 1. The van der Waals surface area contributed by atoms with Gasteiger partial charge in [0.1, 0.15) is 5.78 Å². The van der Waals surface area contributed by atoms with Gasteiger partial charge < -0.3 is 9.47 Å². The molecule has 0 radical (unpaired) electrons. The first-order chi connectivity index (χ1) is 13.0. The summed E-state index contributed by atoms with van der Waals surface area (Å²) in [7, 11) is -0.338. The van der Waals surface area contributed by atoms with Crippen molar-refractivity contribution >= 4 is 15.9 Å². The van der Waals surface area contributed by atoms with Crippen LogP contribution in [0.1, 0.15) is 43.9 Å². The molecule has 1 N–H and O–H groups in total. The molecule has 2 heterocycles. The van der Waals surface area contributed by atoms with Crippen molar-refractivity contribution in [2.45, 2.75) is 39.2 Å². The number of hydrogen-bond acceptors (Lipinski definition) is 6. The number of hydrogen-bond donors (Lipinski definition) is 1. The van der Waals surface area contributed by atoms with Crippen molar-refractivity contribution in [1.82, 2.24) is 4.90 Å². The van der Waals surface area contributed by atoms with Crippen molar-refractivity contribution in [3.05, 3.63) is 23.3 Å². The minimum Gasteiger partial charge on any atom is -0.493 e. The Morgan fingerprint density at radius 1 is 1.21 bits per heavy atom. The molecule has 0 bridgehead atoms. The van der Waals surface area contributed by atoms with E-state index in [-0.39, 0.29) is 12.0 Å². The van der Waals surface area contributed by atoms with Gasteiger partial charge in [-0.15, -0.1) is 0 Å². The Morgan fingerprint density at radius 2 is 1.79 bits per heavy atom. The average molecular weight is 414 g/mol. The quantitative estimate of drug-likeness (QED) is 0.759. The fourth-order valence-electron chi connectivity index (χ4n) is 4.05. The summed E-state index contributed by atoms with van der Waals surface area (Å²) >= 11 is 0. The molecule has 0 spiro atoms. The first kappa shape index (κ1) is 22.6. The second-order valence-electron chi connectivity index (χ2n) is 7.90. The summed E-state index contributed by atoms with van der Waals surface area (Å²) in [5, 5.41) is 0. The molecule has 7 nitrogen and oxygen atoms in total. The van der Waals surface area contributed by atoms with Gasteiger partial charge in [0.25, 0.3) is 10.1 Å². The average Bonchev–Trinajstić information content (AvgIpc) is 2.59. The molecular weight excluding hydrogens is 382 g/mol. The van der Waals surface area contributed by atoms with E-state index in [1.807, 2.05) is 0 Å². The summed E-state index contributed by atoms with van der Waals surface area (Å²) < 4.78 is 36.7. The molecule has 0 saturated carbocycles. The molecule has 0 aromatic heterocycles. The number of fused-ring (bicyclic) bond motifs is 3. The van der Waals surface area contributed by atoms with Crippen LogP contribution in [-0.2, 0) is 21.3 Å². The van der Waals surface area contributed by atoms with Gasteiger partial charge in [-0.2, -0.15) is 8.42 Å². The van der Waals surface area contributed by atoms with E-state index < -0.39 is 10.1 Å². The predicted octanol–water partition coefficient (Wildman–Crippen LogP) is 2.74. The van der Waals surface area contributed by atoms with Crippen LogP contribution in [0, 0.1) is 11.8 Å². The zero-order valence-electron chi connectivity index (χ0n) is 17.3. The maximum absolute atomic E-state index is 12.6. The SMILES string of the molecule is COc1cc2c(cc1OC)C1CC(=O)C(CC(C)C)CN1CC2.CS(=O)(=O)O.